The Hall–Kier alpha value is -1.06. The zero-order valence-electron chi connectivity index (χ0n) is 9.87. The molecule has 4 nitrogen and oxygen atoms in total. The number of carboxylic acid groups (broad SMARTS) is 1. The third kappa shape index (κ3) is 4.64. The van der Waals surface area contributed by atoms with Crippen molar-refractivity contribution < 1.29 is 14.7 Å². The molecule has 0 spiro atoms. The summed E-state index contributed by atoms with van der Waals surface area (Å²) in [5.41, 5.74) is 0. The molecular formula is C12H21NO3. The SMILES string of the molecule is CC(=O)N[C@@H](CC(=O)O)C1CCCCCC1. The zero-order chi connectivity index (χ0) is 12.0. The molecule has 0 unspecified atom stereocenters. The Morgan fingerprint density at radius 3 is 2.25 bits per heavy atom. The van der Waals surface area contributed by atoms with Crippen LogP contribution in [0.1, 0.15) is 51.9 Å². The molecule has 0 radical (unpaired) electrons. The van der Waals surface area contributed by atoms with Crippen molar-refractivity contribution in [3.05, 3.63) is 0 Å². The molecule has 0 aliphatic heterocycles. The van der Waals surface area contributed by atoms with Crippen molar-refractivity contribution >= 4 is 11.9 Å². The number of carbonyl (C=O) groups is 2. The van der Waals surface area contributed by atoms with Gasteiger partial charge in [0.25, 0.3) is 0 Å². The van der Waals surface area contributed by atoms with Crippen LogP contribution in [-0.4, -0.2) is 23.0 Å². The first-order chi connectivity index (χ1) is 7.59. The highest BCUT2D eigenvalue weighted by atomic mass is 16.4. The van der Waals surface area contributed by atoms with Crippen molar-refractivity contribution in [2.75, 3.05) is 0 Å². The van der Waals surface area contributed by atoms with E-state index in [9.17, 15) is 9.59 Å². The molecule has 1 aliphatic carbocycles. The molecule has 0 aromatic carbocycles. The second kappa shape index (κ2) is 6.51. The number of amides is 1. The van der Waals surface area contributed by atoms with Crippen LogP contribution in [-0.2, 0) is 9.59 Å². The zero-order valence-corrected chi connectivity index (χ0v) is 9.87. The second-order valence-corrected chi connectivity index (χ2v) is 4.66. The van der Waals surface area contributed by atoms with Crippen LogP contribution in [0.15, 0.2) is 0 Å². The minimum absolute atomic E-state index is 0.0459. The van der Waals surface area contributed by atoms with Crippen LogP contribution in [0.4, 0.5) is 0 Å². The van der Waals surface area contributed by atoms with Gasteiger partial charge >= 0.3 is 5.97 Å². The van der Waals surface area contributed by atoms with Gasteiger partial charge in [-0.2, -0.15) is 0 Å². The van der Waals surface area contributed by atoms with Gasteiger partial charge in [-0.1, -0.05) is 25.7 Å². The lowest BCUT2D eigenvalue weighted by Crippen LogP contribution is -2.40. The summed E-state index contributed by atoms with van der Waals surface area (Å²) in [7, 11) is 0. The first-order valence-electron chi connectivity index (χ1n) is 6.08. The highest BCUT2D eigenvalue weighted by Crippen LogP contribution is 2.26. The van der Waals surface area contributed by atoms with E-state index in [1.807, 2.05) is 0 Å². The Balaban J connectivity index is 2.57. The van der Waals surface area contributed by atoms with E-state index in [1.54, 1.807) is 0 Å². The Kier molecular flexibility index (Phi) is 5.29. The molecule has 1 atom stereocenters. The van der Waals surface area contributed by atoms with Gasteiger partial charge in [0, 0.05) is 13.0 Å². The largest absolute Gasteiger partial charge is 0.481 e. The molecule has 1 rings (SSSR count). The normalized spacial score (nSPS) is 19.8. The summed E-state index contributed by atoms with van der Waals surface area (Å²) in [6.07, 6.45) is 6.90. The fourth-order valence-electron chi connectivity index (χ4n) is 2.50. The summed E-state index contributed by atoms with van der Waals surface area (Å²) in [6, 6.07) is -0.187. The Bertz CT molecular complexity index is 229. The van der Waals surface area contributed by atoms with Crippen LogP contribution >= 0.6 is 0 Å². The predicted octanol–water partition coefficient (Wildman–Crippen LogP) is 1.94. The van der Waals surface area contributed by atoms with E-state index in [1.165, 1.54) is 19.8 Å². The molecule has 0 saturated heterocycles. The molecule has 1 amide bonds. The molecule has 1 fully saturated rings. The maximum Gasteiger partial charge on any atom is 0.305 e. The van der Waals surface area contributed by atoms with Crippen LogP contribution in [0.2, 0.25) is 0 Å². The number of rotatable bonds is 4. The topological polar surface area (TPSA) is 66.4 Å². The van der Waals surface area contributed by atoms with E-state index in [2.05, 4.69) is 5.32 Å². The Labute approximate surface area is 96.4 Å². The lowest BCUT2D eigenvalue weighted by Gasteiger charge is -2.25. The molecule has 0 aromatic heterocycles. The van der Waals surface area contributed by atoms with Gasteiger partial charge in [-0.25, -0.2) is 0 Å². The maximum atomic E-state index is 11.1. The number of carboxylic acids is 1. The Morgan fingerprint density at radius 2 is 1.81 bits per heavy atom. The van der Waals surface area contributed by atoms with Gasteiger partial charge in [-0.3, -0.25) is 9.59 Å². The summed E-state index contributed by atoms with van der Waals surface area (Å²) in [5, 5.41) is 11.6. The highest BCUT2D eigenvalue weighted by Gasteiger charge is 2.25. The van der Waals surface area contributed by atoms with E-state index in [0.29, 0.717) is 5.92 Å². The van der Waals surface area contributed by atoms with Gasteiger partial charge in [0.05, 0.1) is 6.42 Å². The van der Waals surface area contributed by atoms with E-state index in [-0.39, 0.29) is 18.4 Å². The smallest absolute Gasteiger partial charge is 0.305 e. The molecular weight excluding hydrogens is 206 g/mol. The van der Waals surface area contributed by atoms with Gasteiger partial charge in [0.15, 0.2) is 0 Å². The first-order valence-corrected chi connectivity index (χ1v) is 6.08. The van der Waals surface area contributed by atoms with E-state index < -0.39 is 5.97 Å². The highest BCUT2D eigenvalue weighted by molar-refractivity contribution is 5.75. The molecule has 0 aromatic rings. The molecule has 0 heterocycles. The monoisotopic (exact) mass is 227 g/mol. The van der Waals surface area contributed by atoms with Crippen molar-refractivity contribution in [1.29, 1.82) is 0 Å². The van der Waals surface area contributed by atoms with Gasteiger partial charge in [0.2, 0.25) is 5.91 Å². The summed E-state index contributed by atoms with van der Waals surface area (Å²) < 4.78 is 0. The quantitative estimate of drug-likeness (QED) is 0.721. The lowest BCUT2D eigenvalue weighted by atomic mass is 9.90. The number of nitrogens with one attached hydrogen (secondary N) is 1. The second-order valence-electron chi connectivity index (χ2n) is 4.66. The average Bonchev–Trinajstić information content (AvgIpc) is 2.42. The predicted molar refractivity (Wildman–Crippen MR) is 61.0 cm³/mol. The first kappa shape index (κ1) is 13.0. The summed E-state index contributed by atoms with van der Waals surface area (Å²) in [6.45, 7) is 1.45. The van der Waals surface area contributed by atoms with Gasteiger partial charge in [-0.15, -0.1) is 0 Å². The minimum atomic E-state index is -0.831. The molecule has 2 N–H and O–H groups in total. The van der Waals surface area contributed by atoms with Crippen molar-refractivity contribution in [2.45, 2.75) is 57.9 Å². The average molecular weight is 227 g/mol. The van der Waals surface area contributed by atoms with Crippen LogP contribution in [0.25, 0.3) is 0 Å². The van der Waals surface area contributed by atoms with Crippen LogP contribution in [0.3, 0.4) is 0 Å². The van der Waals surface area contributed by atoms with Crippen LogP contribution in [0.5, 0.6) is 0 Å². The lowest BCUT2D eigenvalue weighted by molar-refractivity contribution is -0.138. The number of hydrogen-bond acceptors (Lipinski definition) is 2. The fraction of sp³-hybridized carbons (Fsp3) is 0.833. The maximum absolute atomic E-state index is 11.1. The molecule has 4 heteroatoms. The van der Waals surface area contributed by atoms with E-state index in [0.717, 1.165) is 25.7 Å². The molecule has 0 bridgehead atoms. The van der Waals surface area contributed by atoms with Gasteiger partial charge in [-0.05, 0) is 18.8 Å². The fourth-order valence-corrected chi connectivity index (χ4v) is 2.50. The number of hydrogen-bond donors (Lipinski definition) is 2. The van der Waals surface area contributed by atoms with Crippen LogP contribution < -0.4 is 5.32 Å². The van der Waals surface area contributed by atoms with Crippen molar-refractivity contribution in [2.24, 2.45) is 5.92 Å². The number of aliphatic carboxylic acids is 1. The van der Waals surface area contributed by atoms with E-state index in [4.69, 9.17) is 5.11 Å². The molecule has 1 saturated carbocycles. The van der Waals surface area contributed by atoms with Crippen molar-refractivity contribution in [1.82, 2.24) is 5.32 Å². The van der Waals surface area contributed by atoms with Gasteiger partial charge in [0.1, 0.15) is 0 Å². The molecule has 92 valence electrons. The van der Waals surface area contributed by atoms with Crippen molar-refractivity contribution in [3.8, 4) is 0 Å². The van der Waals surface area contributed by atoms with Crippen molar-refractivity contribution in [3.63, 3.8) is 0 Å². The van der Waals surface area contributed by atoms with Crippen LogP contribution in [0, 0.1) is 5.92 Å². The molecule has 1 aliphatic rings. The minimum Gasteiger partial charge on any atom is -0.481 e. The number of carbonyl (C=O) groups excluding carboxylic acids is 1. The summed E-state index contributed by atoms with van der Waals surface area (Å²) in [5.74, 6) is -0.624. The summed E-state index contributed by atoms with van der Waals surface area (Å²) >= 11 is 0. The third-order valence-electron chi connectivity index (χ3n) is 3.25. The third-order valence-corrected chi connectivity index (χ3v) is 3.25. The van der Waals surface area contributed by atoms with Gasteiger partial charge < -0.3 is 10.4 Å². The molecule has 16 heavy (non-hydrogen) atoms. The Morgan fingerprint density at radius 1 is 1.25 bits per heavy atom. The van der Waals surface area contributed by atoms with E-state index >= 15 is 0 Å². The standard InChI is InChI=1S/C12H21NO3/c1-9(14)13-11(8-12(15)16)10-6-4-2-3-5-7-10/h10-11H,2-8H2,1H3,(H,13,14)(H,15,16)/t11-/m0/s1. The summed E-state index contributed by atoms with van der Waals surface area (Å²) in [4.78, 5) is 21.8.